The van der Waals surface area contributed by atoms with E-state index in [0.717, 1.165) is 26.2 Å². The number of nitrogens with two attached hydrogens (primary N) is 1. The second kappa shape index (κ2) is 9.52. The minimum atomic E-state index is -0.503. The van der Waals surface area contributed by atoms with Crippen molar-refractivity contribution in [3.63, 3.8) is 0 Å². The van der Waals surface area contributed by atoms with Crippen LogP contribution in [-0.2, 0) is 13.1 Å². The van der Waals surface area contributed by atoms with Crippen molar-refractivity contribution in [1.29, 1.82) is 0 Å². The molecule has 1 fully saturated rings. The molecule has 0 saturated carbocycles. The zero-order chi connectivity index (χ0) is 20.8. The molecule has 3 aromatic rings. The number of likely N-dealkylation sites (tertiary alicyclic amines) is 1. The van der Waals surface area contributed by atoms with Crippen LogP contribution in [0.25, 0.3) is 0 Å². The van der Waals surface area contributed by atoms with Crippen LogP contribution in [0.3, 0.4) is 0 Å². The quantitative estimate of drug-likeness (QED) is 0.604. The number of hydrogen-bond acceptors (Lipinski definition) is 5. The molecule has 4 rings (SSSR count). The first-order valence-corrected chi connectivity index (χ1v) is 10.2. The fourth-order valence-corrected chi connectivity index (χ4v) is 3.63. The summed E-state index contributed by atoms with van der Waals surface area (Å²) < 4.78 is 5.73. The van der Waals surface area contributed by atoms with Crippen LogP contribution in [-0.4, -0.2) is 34.9 Å². The van der Waals surface area contributed by atoms with Crippen LogP contribution in [0.4, 0.5) is 0 Å². The highest BCUT2D eigenvalue weighted by atomic mass is 16.5. The van der Waals surface area contributed by atoms with Gasteiger partial charge in [0, 0.05) is 44.5 Å². The van der Waals surface area contributed by atoms with Gasteiger partial charge in [-0.1, -0.05) is 42.5 Å². The largest absolute Gasteiger partial charge is 0.439 e. The first kappa shape index (κ1) is 20.1. The lowest BCUT2D eigenvalue weighted by atomic mass is 10.2. The molecule has 0 aliphatic carbocycles. The van der Waals surface area contributed by atoms with Gasteiger partial charge in [0.15, 0.2) is 0 Å². The third-order valence-corrected chi connectivity index (χ3v) is 5.28. The van der Waals surface area contributed by atoms with Crippen LogP contribution < -0.4 is 15.8 Å². The smallest absolute Gasteiger partial charge is 0.250 e. The maximum atomic E-state index is 11.1. The van der Waals surface area contributed by atoms with E-state index in [9.17, 15) is 4.79 Å². The summed E-state index contributed by atoms with van der Waals surface area (Å²) in [5.74, 6) is 0.625. The Hall–Kier alpha value is -3.22. The van der Waals surface area contributed by atoms with Gasteiger partial charge in [-0.15, -0.1) is 0 Å². The van der Waals surface area contributed by atoms with Crippen molar-refractivity contribution in [2.45, 2.75) is 25.6 Å². The highest BCUT2D eigenvalue weighted by Crippen LogP contribution is 2.20. The molecular weight excluding hydrogens is 376 g/mol. The van der Waals surface area contributed by atoms with Crippen LogP contribution in [0.1, 0.15) is 27.9 Å². The number of nitrogens with zero attached hydrogens (tertiary/aromatic N) is 2. The molecule has 1 atom stereocenters. The summed E-state index contributed by atoms with van der Waals surface area (Å²) in [6.45, 7) is 4.04. The summed E-state index contributed by atoms with van der Waals surface area (Å²) in [4.78, 5) is 17.7. The Morgan fingerprint density at radius 1 is 1.07 bits per heavy atom. The van der Waals surface area contributed by atoms with Crippen LogP contribution in [0, 0.1) is 0 Å². The first-order chi connectivity index (χ1) is 14.7. The number of carbonyl (C=O) groups excluding carboxylic acids is 1. The average Bonchev–Trinajstić information content (AvgIpc) is 3.21. The third kappa shape index (κ3) is 5.43. The molecular formula is C24H26N4O2. The van der Waals surface area contributed by atoms with Gasteiger partial charge in [0.25, 0.3) is 0 Å². The Kier molecular flexibility index (Phi) is 6.37. The normalized spacial score (nSPS) is 16.5. The summed E-state index contributed by atoms with van der Waals surface area (Å²) in [5.41, 5.74) is 8.16. The van der Waals surface area contributed by atoms with E-state index in [1.165, 1.54) is 23.7 Å². The van der Waals surface area contributed by atoms with Crippen molar-refractivity contribution in [2.75, 3.05) is 13.1 Å². The Morgan fingerprint density at radius 2 is 1.87 bits per heavy atom. The van der Waals surface area contributed by atoms with E-state index in [1.54, 1.807) is 12.1 Å². The van der Waals surface area contributed by atoms with Crippen molar-refractivity contribution in [3.05, 3.63) is 89.6 Å². The molecule has 1 aliphatic heterocycles. The Balaban J connectivity index is 1.23. The Bertz CT molecular complexity index is 959. The van der Waals surface area contributed by atoms with E-state index in [1.807, 2.05) is 12.1 Å². The number of carbonyl (C=O) groups is 1. The maximum absolute atomic E-state index is 11.1. The van der Waals surface area contributed by atoms with Gasteiger partial charge < -0.3 is 15.8 Å². The highest BCUT2D eigenvalue weighted by Gasteiger charge is 2.21. The molecule has 6 nitrogen and oxygen atoms in total. The average molecular weight is 402 g/mol. The number of aromatic nitrogens is 1. The molecule has 2 aromatic carbocycles. The molecule has 1 amide bonds. The van der Waals surface area contributed by atoms with E-state index in [2.05, 4.69) is 57.7 Å². The summed E-state index contributed by atoms with van der Waals surface area (Å²) in [7, 11) is 0. The number of rotatable bonds is 8. The fraction of sp³-hybridized carbons (Fsp3) is 0.250. The van der Waals surface area contributed by atoms with Crippen molar-refractivity contribution in [2.24, 2.45) is 5.73 Å². The van der Waals surface area contributed by atoms with Gasteiger partial charge in [-0.25, -0.2) is 4.98 Å². The summed E-state index contributed by atoms with van der Waals surface area (Å²) in [6, 6.07) is 22.3. The molecule has 1 aliphatic rings. The number of nitrogens with one attached hydrogen (secondary N) is 1. The van der Waals surface area contributed by atoms with E-state index in [4.69, 9.17) is 10.5 Å². The minimum Gasteiger partial charge on any atom is -0.439 e. The molecule has 3 N–H and O–H groups in total. The number of primary amides is 1. The van der Waals surface area contributed by atoms with Gasteiger partial charge in [0.1, 0.15) is 5.75 Å². The SMILES string of the molecule is NC(=O)c1ccc(Oc2ccc(CN[C@@H]3CCN(Cc4ccccc4)C3)cc2)nc1. The van der Waals surface area contributed by atoms with Gasteiger partial charge in [-0.3, -0.25) is 9.69 Å². The van der Waals surface area contributed by atoms with E-state index >= 15 is 0 Å². The molecule has 0 unspecified atom stereocenters. The van der Waals surface area contributed by atoms with Crippen molar-refractivity contribution in [3.8, 4) is 11.6 Å². The van der Waals surface area contributed by atoms with Gasteiger partial charge in [-0.05, 0) is 35.7 Å². The molecule has 1 aromatic heterocycles. The molecule has 6 heteroatoms. The second-order valence-electron chi connectivity index (χ2n) is 7.58. The molecule has 0 bridgehead atoms. The van der Waals surface area contributed by atoms with Crippen molar-refractivity contribution in [1.82, 2.24) is 15.2 Å². The van der Waals surface area contributed by atoms with Gasteiger partial charge in [0.2, 0.25) is 11.8 Å². The predicted octanol–water partition coefficient (Wildman–Crippen LogP) is 3.34. The highest BCUT2D eigenvalue weighted by molar-refractivity contribution is 5.92. The molecule has 1 saturated heterocycles. The summed E-state index contributed by atoms with van der Waals surface area (Å²) in [5, 5.41) is 3.66. The van der Waals surface area contributed by atoms with Crippen molar-refractivity contribution >= 4 is 5.91 Å². The number of hydrogen-bond donors (Lipinski definition) is 2. The van der Waals surface area contributed by atoms with Crippen LogP contribution >= 0.6 is 0 Å². The standard InChI is InChI=1S/C24H26N4O2/c25-24(29)20-8-11-23(27-15-20)30-22-9-6-18(7-10-22)14-26-21-12-13-28(17-21)16-19-4-2-1-3-5-19/h1-11,15,21,26H,12-14,16-17H2,(H2,25,29)/t21-/m1/s1. The molecule has 154 valence electrons. The first-order valence-electron chi connectivity index (χ1n) is 10.2. The lowest BCUT2D eigenvalue weighted by Gasteiger charge is -2.17. The molecule has 0 radical (unpaired) electrons. The third-order valence-electron chi connectivity index (χ3n) is 5.28. The number of amides is 1. The predicted molar refractivity (Wildman–Crippen MR) is 116 cm³/mol. The lowest BCUT2D eigenvalue weighted by molar-refractivity contribution is 0.1000. The maximum Gasteiger partial charge on any atom is 0.250 e. The van der Waals surface area contributed by atoms with E-state index in [-0.39, 0.29) is 0 Å². The topological polar surface area (TPSA) is 80.5 Å². The zero-order valence-electron chi connectivity index (χ0n) is 16.8. The minimum absolute atomic E-state index is 0.359. The number of benzene rings is 2. The number of pyridine rings is 1. The second-order valence-corrected chi connectivity index (χ2v) is 7.58. The van der Waals surface area contributed by atoms with Crippen molar-refractivity contribution < 1.29 is 9.53 Å². The summed E-state index contributed by atoms with van der Waals surface area (Å²) in [6.07, 6.45) is 2.58. The number of ether oxygens (including phenoxy) is 1. The van der Waals surface area contributed by atoms with Gasteiger partial charge in [0.05, 0.1) is 5.56 Å². The van der Waals surface area contributed by atoms with Crippen LogP contribution in [0.15, 0.2) is 72.9 Å². The molecule has 30 heavy (non-hydrogen) atoms. The van der Waals surface area contributed by atoms with Crippen LogP contribution in [0.2, 0.25) is 0 Å². The monoisotopic (exact) mass is 402 g/mol. The Labute approximate surface area is 176 Å². The lowest BCUT2D eigenvalue weighted by Crippen LogP contribution is -2.31. The fourth-order valence-electron chi connectivity index (χ4n) is 3.63. The van der Waals surface area contributed by atoms with E-state index in [0.29, 0.717) is 23.2 Å². The van der Waals surface area contributed by atoms with E-state index < -0.39 is 5.91 Å². The zero-order valence-corrected chi connectivity index (χ0v) is 16.8. The van der Waals surface area contributed by atoms with Gasteiger partial charge >= 0.3 is 0 Å². The molecule has 2 heterocycles. The molecule has 0 spiro atoms. The Morgan fingerprint density at radius 3 is 2.57 bits per heavy atom. The summed E-state index contributed by atoms with van der Waals surface area (Å²) >= 11 is 0. The van der Waals surface area contributed by atoms with Crippen LogP contribution in [0.5, 0.6) is 11.6 Å². The van der Waals surface area contributed by atoms with Gasteiger partial charge in [-0.2, -0.15) is 0 Å².